The summed E-state index contributed by atoms with van der Waals surface area (Å²) in [6.45, 7) is 6.03. The quantitative estimate of drug-likeness (QED) is 0.875. The lowest BCUT2D eigenvalue weighted by Gasteiger charge is -2.15. The van der Waals surface area contributed by atoms with Crippen LogP contribution in [-0.4, -0.2) is 33.0 Å². The van der Waals surface area contributed by atoms with Crippen LogP contribution in [0.1, 0.15) is 41.8 Å². The number of aliphatic carboxylic acids is 1. The normalized spacial score (nSPS) is 12.7. The molecule has 23 heavy (non-hydrogen) atoms. The van der Waals surface area contributed by atoms with Gasteiger partial charge in [0.25, 0.3) is 5.91 Å². The first-order valence-electron chi connectivity index (χ1n) is 7.16. The molecule has 0 aliphatic rings. The third-order valence-corrected chi connectivity index (χ3v) is 4.44. The predicted molar refractivity (Wildman–Crippen MR) is 87.6 cm³/mol. The van der Waals surface area contributed by atoms with Crippen LogP contribution in [0.5, 0.6) is 0 Å². The summed E-state index contributed by atoms with van der Waals surface area (Å²) >= 11 is 1.40. The summed E-state index contributed by atoms with van der Waals surface area (Å²) in [7, 11) is 0. The molecule has 2 aromatic rings. The largest absolute Gasteiger partial charge is 0.480 e. The Morgan fingerprint density at radius 2 is 1.96 bits per heavy atom. The molecule has 1 atom stereocenters. The summed E-state index contributed by atoms with van der Waals surface area (Å²) < 4.78 is 0. The molecule has 1 unspecified atom stereocenters. The number of pyridine rings is 1. The number of carboxylic acid groups (broad SMARTS) is 1. The second-order valence-corrected chi connectivity index (χ2v) is 7.07. The summed E-state index contributed by atoms with van der Waals surface area (Å²) in [6.07, 6.45) is 3.37. The highest BCUT2D eigenvalue weighted by Crippen LogP contribution is 2.25. The van der Waals surface area contributed by atoms with Gasteiger partial charge in [0.05, 0.1) is 5.01 Å². The molecule has 2 aromatic heterocycles. The van der Waals surface area contributed by atoms with E-state index < -0.39 is 17.9 Å². The fraction of sp³-hybridized carbons (Fsp3) is 0.375. The molecule has 7 heteroatoms. The van der Waals surface area contributed by atoms with Crippen molar-refractivity contribution in [3.8, 4) is 0 Å². The van der Waals surface area contributed by atoms with E-state index >= 15 is 0 Å². The molecule has 122 valence electrons. The van der Waals surface area contributed by atoms with Crippen LogP contribution in [-0.2, 0) is 16.6 Å². The van der Waals surface area contributed by atoms with E-state index in [0.717, 1.165) is 10.6 Å². The summed E-state index contributed by atoms with van der Waals surface area (Å²) in [5, 5.41) is 14.3. The van der Waals surface area contributed by atoms with Crippen LogP contribution < -0.4 is 5.32 Å². The standard InChI is InChI=1S/C16H19N3O3S/c1-16(2,3)15-19-12(9-23-15)13(20)18-11(14(21)22)8-10-4-6-17-7-5-10/h4-7,9,11H,8H2,1-3H3,(H,18,20)(H,21,22). The number of nitrogens with one attached hydrogen (secondary N) is 1. The van der Waals surface area contributed by atoms with Gasteiger partial charge in [-0.2, -0.15) is 0 Å². The third kappa shape index (κ3) is 4.59. The molecule has 2 N–H and O–H groups in total. The van der Waals surface area contributed by atoms with Crippen LogP contribution in [0.2, 0.25) is 0 Å². The topological polar surface area (TPSA) is 92.2 Å². The monoisotopic (exact) mass is 333 g/mol. The Morgan fingerprint density at radius 3 is 2.48 bits per heavy atom. The van der Waals surface area contributed by atoms with E-state index in [0.29, 0.717) is 0 Å². The number of carbonyl (C=O) groups is 2. The number of thiazole rings is 1. The van der Waals surface area contributed by atoms with Gasteiger partial charge in [0.15, 0.2) is 0 Å². The molecule has 0 saturated heterocycles. The maximum Gasteiger partial charge on any atom is 0.326 e. The van der Waals surface area contributed by atoms with Gasteiger partial charge in [-0.3, -0.25) is 9.78 Å². The van der Waals surface area contributed by atoms with Gasteiger partial charge in [-0.25, -0.2) is 9.78 Å². The van der Waals surface area contributed by atoms with E-state index in [2.05, 4.69) is 15.3 Å². The average Bonchev–Trinajstić information content (AvgIpc) is 2.97. The van der Waals surface area contributed by atoms with Crippen molar-refractivity contribution in [1.29, 1.82) is 0 Å². The number of carbonyl (C=O) groups excluding carboxylic acids is 1. The lowest BCUT2D eigenvalue weighted by molar-refractivity contribution is -0.139. The number of amides is 1. The Balaban J connectivity index is 2.09. The molecule has 2 heterocycles. The summed E-state index contributed by atoms with van der Waals surface area (Å²) in [5.74, 6) is -1.56. The highest BCUT2D eigenvalue weighted by atomic mass is 32.1. The van der Waals surface area contributed by atoms with Crippen LogP contribution in [0, 0.1) is 0 Å². The summed E-state index contributed by atoms with van der Waals surface area (Å²) in [4.78, 5) is 31.8. The van der Waals surface area contributed by atoms with Gasteiger partial charge in [0, 0.05) is 29.6 Å². The van der Waals surface area contributed by atoms with Crippen molar-refractivity contribution in [3.63, 3.8) is 0 Å². The van der Waals surface area contributed by atoms with Crippen molar-refractivity contribution < 1.29 is 14.7 Å². The van der Waals surface area contributed by atoms with Crippen LogP contribution in [0.15, 0.2) is 29.9 Å². The minimum absolute atomic E-state index is 0.146. The molecule has 0 radical (unpaired) electrons. The lowest BCUT2D eigenvalue weighted by atomic mass is 9.98. The van der Waals surface area contributed by atoms with Gasteiger partial charge in [0.2, 0.25) is 0 Å². The second kappa shape index (κ2) is 6.87. The summed E-state index contributed by atoms with van der Waals surface area (Å²) in [6, 6.07) is 2.44. The van der Waals surface area contributed by atoms with Gasteiger partial charge >= 0.3 is 5.97 Å². The van der Waals surface area contributed by atoms with Crippen LogP contribution in [0.25, 0.3) is 0 Å². The smallest absolute Gasteiger partial charge is 0.326 e. The summed E-state index contributed by atoms with van der Waals surface area (Å²) in [5.41, 5.74) is 0.897. The van der Waals surface area contributed by atoms with Gasteiger partial charge in [-0.05, 0) is 17.7 Å². The first-order valence-corrected chi connectivity index (χ1v) is 8.04. The van der Waals surface area contributed by atoms with Crippen molar-refractivity contribution in [2.45, 2.75) is 38.6 Å². The fourth-order valence-electron chi connectivity index (χ4n) is 1.91. The zero-order valence-electron chi connectivity index (χ0n) is 13.2. The lowest BCUT2D eigenvalue weighted by Crippen LogP contribution is -2.42. The zero-order chi connectivity index (χ0) is 17.0. The number of hydrogen-bond acceptors (Lipinski definition) is 5. The molecule has 0 bridgehead atoms. The maximum atomic E-state index is 12.2. The number of rotatable bonds is 5. The molecule has 6 nitrogen and oxygen atoms in total. The van der Waals surface area contributed by atoms with Crippen LogP contribution in [0.3, 0.4) is 0 Å². The Kier molecular flexibility index (Phi) is 5.10. The van der Waals surface area contributed by atoms with Crippen molar-refractivity contribution in [3.05, 3.63) is 46.2 Å². The van der Waals surface area contributed by atoms with E-state index in [4.69, 9.17) is 0 Å². The fourth-order valence-corrected chi connectivity index (χ4v) is 2.80. The molecule has 0 aliphatic carbocycles. The Morgan fingerprint density at radius 1 is 1.30 bits per heavy atom. The zero-order valence-corrected chi connectivity index (χ0v) is 14.1. The van der Waals surface area contributed by atoms with Crippen molar-refractivity contribution in [1.82, 2.24) is 15.3 Å². The molecule has 0 saturated carbocycles. The molecule has 1 amide bonds. The first kappa shape index (κ1) is 17.1. The molecule has 0 spiro atoms. The van der Waals surface area contributed by atoms with E-state index in [9.17, 15) is 14.7 Å². The van der Waals surface area contributed by atoms with Gasteiger partial charge in [-0.1, -0.05) is 20.8 Å². The maximum absolute atomic E-state index is 12.2. The van der Waals surface area contributed by atoms with Gasteiger partial charge < -0.3 is 10.4 Å². The molecular weight excluding hydrogens is 314 g/mol. The van der Waals surface area contributed by atoms with Gasteiger partial charge in [0.1, 0.15) is 11.7 Å². The number of hydrogen-bond donors (Lipinski definition) is 2. The number of carboxylic acids is 1. The first-order chi connectivity index (χ1) is 10.8. The molecular formula is C16H19N3O3S. The number of nitrogens with zero attached hydrogens (tertiary/aromatic N) is 2. The van der Waals surface area contributed by atoms with Crippen molar-refractivity contribution in [2.24, 2.45) is 0 Å². The van der Waals surface area contributed by atoms with Crippen LogP contribution >= 0.6 is 11.3 Å². The Bertz CT molecular complexity index is 692. The number of aromatic nitrogens is 2. The third-order valence-electron chi connectivity index (χ3n) is 3.17. The van der Waals surface area contributed by atoms with Crippen molar-refractivity contribution >= 4 is 23.2 Å². The van der Waals surface area contributed by atoms with E-state index in [-0.39, 0.29) is 17.5 Å². The van der Waals surface area contributed by atoms with E-state index in [1.54, 1.807) is 29.9 Å². The molecule has 0 fully saturated rings. The highest BCUT2D eigenvalue weighted by molar-refractivity contribution is 7.10. The Hall–Kier alpha value is -2.28. The van der Waals surface area contributed by atoms with Crippen LogP contribution in [0.4, 0.5) is 0 Å². The highest BCUT2D eigenvalue weighted by Gasteiger charge is 2.24. The van der Waals surface area contributed by atoms with Gasteiger partial charge in [-0.15, -0.1) is 11.3 Å². The predicted octanol–water partition coefficient (Wildman–Crippen LogP) is 2.26. The molecule has 2 rings (SSSR count). The second-order valence-electron chi connectivity index (χ2n) is 6.21. The van der Waals surface area contributed by atoms with E-state index in [1.165, 1.54) is 11.3 Å². The Labute approximate surface area is 138 Å². The SMILES string of the molecule is CC(C)(C)c1nc(C(=O)NC(Cc2ccncc2)C(=O)O)cs1. The average molecular weight is 333 g/mol. The molecule has 0 aromatic carbocycles. The molecule has 0 aliphatic heterocycles. The minimum Gasteiger partial charge on any atom is -0.480 e. The minimum atomic E-state index is -1.08. The van der Waals surface area contributed by atoms with E-state index in [1.807, 2.05) is 20.8 Å². The van der Waals surface area contributed by atoms with Crippen molar-refractivity contribution in [2.75, 3.05) is 0 Å².